The maximum absolute atomic E-state index is 12.6. The van der Waals surface area contributed by atoms with Crippen molar-refractivity contribution in [3.8, 4) is 0 Å². The molecule has 0 radical (unpaired) electrons. The van der Waals surface area contributed by atoms with Gasteiger partial charge >= 0.3 is 5.97 Å². The van der Waals surface area contributed by atoms with Crippen LogP contribution < -0.4 is 0 Å². The first-order chi connectivity index (χ1) is 12.6. The molecule has 1 heterocycles. The van der Waals surface area contributed by atoms with Crippen LogP contribution in [0.5, 0.6) is 0 Å². The van der Waals surface area contributed by atoms with Gasteiger partial charge in [-0.05, 0) is 34.4 Å². The number of benzene rings is 3. The molecule has 0 unspecified atom stereocenters. The molecule has 0 aromatic heterocycles. The number of aliphatic hydroxyl groups excluding tert-OH is 1. The van der Waals surface area contributed by atoms with Crippen LogP contribution in [0.3, 0.4) is 0 Å². The minimum atomic E-state index is -0.542. The summed E-state index contributed by atoms with van der Waals surface area (Å²) in [4.78, 5) is 13.5. The summed E-state index contributed by atoms with van der Waals surface area (Å²) in [7, 11) is 1.75. The van der Waals surface area contributed by atoms with Crippen molar-refractivity contribution in [1.29, 1.82) is 0 Å². The summed E-state index contributed by atoms with van der Waals surface area (Å²) >= 11 is 1.42. The zero-order chi connectivity index (χ0) is 18.1. The number of likely N-dealkylation sites (N-methyl/N-ethyl adjacent to an activating group) is 1. The van der Waals surface area contributed by atoms with Crippen molar-refractivity contribution in [3.05, 3.63) is 83.6 Å². The smallest absolute Gasteiger partial charge is 0.359 e. The van der Waals surface area contributed by atoms with Crippen molar-refractivity contribution >= 4 is 34.4 Å². The molecule has 0 spiro atoms. The van der Waals surface area contributed by atoms with E-state index in [1.165, 1.54) is 11.9 Å². The third-order valence-corrected chi connectivity index (χ3v) is 5.39. The minimum Gasteiger partial charge on any atom is -0.505 e. The van der Waals surface area contributed by atoms with Gasteiger partial charge in [0.2, 0.25) is 0 Å². The summed E-state index contributed by atoms with van der Waals surface area (Å²) in [5, 5.41) is 12.9. The first-order valence-electron chi connectivity index (χ1n) is 8.23. The zero-order valence-corrected chi connectivity index (χ0v) is 15.0. The molecule has 0 saturated carbocycles. The van der Waals surface area contributed by atoms with E-state index >= 15 is 0 Å². The average Bonchev–Trinajstić information content (AvgIpc) is 2.67. The third kappa shape index (κ3) is 2.91. The lowest BCUT2D eigenvalue weighted by Crippen LogP contribution is -2.24. The molecule has 0 amide bonds. The second-order valence-electron chi connectivity index (χ2n) is 6.01. The molecule has 26 heavy (non-hydrogen) atoms. The second-order valence-corrected chi connectivity index (χ2v) is 7.15. The first-order valence-corrected chi connectivity index (χ1v) is 9.00. The number of esters is 1. The van der Waals surface area contributed by atoms with Crippen LogP contribution in [0.2, 0.25) is 0 Å². The standard InChI is InChI=1S/C21H17NO3S/c1-22-18(21(24)25-13-14-7-3-2-4-8-14)19(23)17-12-11-15-9-5-6-10-16(15)20(17)26-22/h2-12,23H,13H2,1H3. The fourth-order valence-electron chi connectivity index (χ4n) is 3.00. The molecule has 5 heteroatoms. The van der Waals surface area contributed by atoms with Gasteiger partial charge in [-0.15, -0.1) is 0 Å². The van der Waals surface area contributed by atoms with E-state index in [0.717, 1.165) is 21.2 Å². The topological polar surface area (TPSA) is 49.8 Å². The fourth-order valence-corrected chi connectivity index (χ4v) is 4.08. The Labute approximate surface area is 155 Å². The van der Waals surface area contributed by atoms with Gasteiger partial charge in [-0.2, -0.15) is 0 Å². The Morgan fingerprint density at radius 2 is 1.77 bits per heavy atom. The summed E-state index contributed by atoms with van der Waals surface area (Å²) in [6.45, 7) is 0.166. The Kier molecular flexibility index (Phi) is 4.31. The highest BCUT2D eigenvalue weighted by Gasteiger charge is 2.30. The van der Waals surface area contributed by atoms with Gasteiger partial charge in [0.05, 0.1) is 0 Å². The number of rotatable bonds is 3. The van der Waals surface area contributed by atoms with Crippen LogP contribution in [0.1, 0.15) is 11.1 Å². The zero-order valence-electron chi connectivity index (χ0n) is 14.2. The van der Waals surface area contributed by atoms with E-state index in [-0.39, 0.29) is 18.1 Å². The fraction of sp³-hybridized carbons (Fsp3) is 0.0952. The van der Waals surface area contributed by atoms with E-state index in [1.807, 2.05) is 66.7 Å². The Morgan fingerprint density at radius 1 is 1.04 bits per heavy atom. The molecule has 3 aromatic carbocycles. The highest BCUT2D eigenvalue weighted by molar-refractivity contribution is 7.97. The molecule has 0 saturated heterocycles. The molecular weight excluding hydrogens is 346 g/mol. The Balaban J connectivity index is 1.68. The summed E-state index contributed by atoms with van der Waals surface area (Å²) in [6.07, 6.45) is 0. The lowest BCUT2D eigenvalue weighted by molar-refractivity contribution is -0.141. The maximum Gasteiger partial charge on any atom is 0.359 e. The molecule has 0 fully saturated rings. The lowest BCUT2D eigenvalue weighted by Gasteiger charge is -2.28. The van der Waals surface area contributed by atoms with Gasteiger partial charge < -0.3 is 14.1 Å². The number of nitrogens with zero attached hydrogens (tertiary/aromatic N) is 1. The normalized spacial score (nSPS) is 13.7. The lowest BCUT2D eigenvalue weighted by atomic mass is 10.0. The first kappa shape index (κ1) is 16.5. The molecule has 130 valence electrons. The van der Waals surface area contributed by atoms with E-state index < -0.39 is 5.97 Å². The highest BCUT2D eigenvalue weighted by atomic mass is 32.2. The van der Waals surface area contributed by atoms with Crippen molar-refractivity contribution in [2.75, 3.05) is 7.05 Å². The van der Waals surface area contributed by atoms with Crippen molar-refractivity contribution in [3.63, 3.8) is 0 Å². The van der Waals surface area contributed by atoms with Crippen LogP contribution in [0, 0.1) is 0 Å². The Hall–Kier alpha value is -2.92. The van der Waals surface area contributed by atoms with Gasteiger partial charge in [-0.3, -0.25) is 0 Å². The molecule has 4 rings (SSSR count). The number of hydrogen-bond acceptors (Lipinski definition) is 5. The minimum absolute atomic E-state index is 0.0509. The Bertz CT molecular complexity index is 1010. The number of carbonyl (C=O) groups is 1. The molecule has 0 bridgehead atoms. The van der Waals surface area contributed by atoms with Gasteiger partial charge in [-0.25, -0.2) is 4.79 Å². The van der Waals surface area contributed by atoms with E-state index in [4.69, 9.17) is 4.74 Å². The monoisotopic (exact) mass is 363 g/mol. The number of ether oxygens (including phenoxy) is 1. The predicted molar refractivity (Wildman–Crippen MR) is 103 cm³/mol. The number of hydrogen-bond donors (Lipinski definition) is 1. The third-order valence-electron chi connectivity index (χ3n) is 4.31. The maximum atomic E-state index is 12.6. The highest BCUT2D eigenvalue weighted by Crippen LogP contribution is 2.42. The van der Waals surface area contributed by atoms with Crippen LogP contribution in [-0.2, 0) is 16.1 Å². The van der Waals surface area contributed by atoms with Crippen LogP contribution >= 0.6 is 11.9 Å². The van der Waals surface area contributed by atoms with Crippen LogP contribution in [-0.4, -0.2) is 22.4 Å². The predicted octanol–water partition coefficient (Wildman–Crippen LogP) is 4.76. The van der Waals surface area contributed by atoms with Crippen molar-refractivity contribution < 1.29 is 14.6 Å². The van der Waals surface area contributed by atoms with E-state index in [0.29, 0.717) is 5.56 Å². The van der Waals surface area contributed by atoms with E-state index in [1.54, 1.807) is 11.4 Å². The summed E-state index contributed by atoms with van der Waals surface area (Å²) in [5.41, 5.74) is 1.71. The summed E-state index contributed by atoms with van der Waals surface area (Å²) in [5.74, 6) is -0.592. The van der Waals surface area contributed by atoms with Gasteiger partial charge in [0.15, 0.2) is 11.5 Å². The van der Waals surface area contributed by atoms with Crippen molar-refractivity contribution in [2.45, 2.75) is 11.5 Å². The molecule has 4 nitrogen and oxygen atoms in total. The molecule has 1 aliphatic rings. The van der Waals surface area contributed by atoms with Crippen LogP contribution in [0.25, 0.3) is 16.5 Å². The largest absolute Gasteiger partial charge is 0.505 e. The van der Waals surface area contributed by atoms with Crippen molar-refractivity contribution in [1.82, 2.24) is 4.31 Å². The summed E-state index contributed by atoms with van der Waals surface area (Å²) < 4.78 is 7.06. The molecule has 0 aliphatic carbocycles. The van der Waals surface area contributed by atoms with Crippen molar-refractivity contribution in [2.24, 2.45) is 0 Å². The van der Waals surface area contributed by atoms with Gasteiger partial charge in [0.25, 0.3) is 0 Å². The van der Waals surface area contributed by atoms with Gasteiger partial charge in [0.1, 0.15) is 6.61 Å². The second kappa shape index (κ2) is 6.77. The molecule has 1 N–H and O–H groups in total. The molecule has 3 aromatic rings. The van der Waals surface area contributed by atoms with Crippen LogP contribution in [0.15, 0.2) is 77.3 Å². The quantitative estimate of drug-likeness (QED) is 0.537. The number of fused-ring (bicyclic) bond motifs is 3. The van der Waals surface area contributed by atoms with Crippen LogP contribution in [0.4, 0.5) is 0 Å². The molecular formula is C21H17NO3S. The van der Waals surface area contributed by atoms with E-state index in [2.05, 4.69) is 0 Å². The molecule has 0 atom stereocenters. The number of aliphatic hydroxyl groups is 1. The van der Waals surface area contributed by atoms with E-state index in [9.17, 15) is 9.90 Å². The molecule has 1 aliphatic heterocycles. The van der Waals surface area contributed by atoms with Gasteiger partial charge in [0, 0.05) is 17.5 Å². The SMILES string of the molecule is CN1Sc2c(ccc3ccccc23)C(O)=C1C(=O)OCc1ccccc1. The summed E-state index contributed by atoms with van der Waals surface area (Å²) in [6, 6.07) is 21.3. The average molecular weight is 363 g/mol. The number of carbonyl (C=O) groups excluding carboxylic acids is 1. The van der Waals surface area contributed by atoms with Gasteiger partial charge in [-0.1, -0.05) is 60.7 Å². The Morgan fingerprint density at radius 3 is 2.58 bits per heavy atom.